The lowest BCUT2D eigenvalue weighted by Gasteiger charge is -2.25. The minimum atomic E-state index is 0.0946. The number of phenols is 1. The number of aromatic nitrogens is 2. The lowest BCUT2D eigenvalue weighted by molar-refractivity contribution is 0.295. The molecule has 1 fully saturated rings. The molecule has 2 unspecified atom stereocenters. The first-order chi connectivity index (χ1) is 10.2. The third-order valence-electron chi connectivity index (χ3n) is 3.85. The summed E-state index contributed by atoms with van der Waals surface area (Å²) in [5.41, 5.74) is 0.765. The van der Waals surface area contributed by atoms with Crippen LogP contribution in [0.15, 0.2) is 22.7 Å². The van der Waals surface area contributed by atoms with Crippen molar-refractivity contribution < 1.29 is 14.4 Å². The summed E-state index contributed by atoms with van der Waals surface area (Å²) in [5.74, 6) is 2.01. The van der Waals surface area contributed by atoms with Crippen molar-refractivity contribution >= 4 is 0 Å². The van der Waals surface area contributed by atoms with Crippen molar-refractivity contribution in [2.24, 2.45) is 0 Å². The predicted molar refractivity (Wildman–Crippen MR) is 77.4 cm³/mol. The van der Waals surface area contributed by atoms with Gasteiger partial charge in [0, 0.05) is 17.5 Å². The van der Waals surface area contributed by atoms with Crippen molar-refractivity contribution in [3.05, 3.63) is 24.1 Å². The fourth-order valence-electron chi connectivity index (χ4n) is 2.69. The van der Waals surface area contributed by atoms with Crippen molar-refractivity contribution in [1.82, 2.24) is 15.5 Å². The van der Waals surface area contributed by atoms with Crippen molar-refractivity contribution in [3.63, 3.8) is 0 Å². The van der Waals surface area contributed by atoms with E-state index in [2.05, 4.69) is 22.4 Å². The first kappa shape index (κ1) is 13.9. The maximum atomic E-state index is 9.62. The van der Waals surface area contributed by atoms with Gasteiger partial charge in [-0.3, -0.25) is 0 Å². The fourth-order valence-corrected chi connectivity index (χ4v) is 2.69. The average molecular weight is 289 g/mol. The van der Waals surface area contributed by atoms with Gasteiger partial charge >= 0.3 is 0 Å². The largest absolute Gasteiger partial charge is 0.504 e. The molecular weight excluding hydrogens is 270 g/mol. The molecule has 0 saturated carbocycles. The molecule has 1 aromatic heterocycles. The number of methoxy groups -OCH3 is 1. The van der Waals surface area contributed by atoms with Gasteiger partial charge in [0.05, 0.1) is 7.11 Å². The van der Waals surface area contributed by atoms with E-state index in [0.717, 1.165) is 24.9 Å². The summed E-state index contributed by atoms with van der Waals surface area (Å²) in [5, 5.41) is 17.1. The highest BCUT2D eigenvalue weighted by Crippen LogP contribution is 2.32. The second-order valence-corrected chi connectivity index (χ2v) is 5.42. The standard InChI is InChI=1S/C15H19N3O3/c1-9-7-11(5-6-16-9)15-17-14(18-21-15)10-3-4-12(19)13(8-10)20-2/h3-4,8-9,11,16,19H,5-7H2,1-2H3. The Morgan fingerprint density at radius 1 is 1.43 bits per heavy atom. The first-order valence-electron chi connectivity index (χ1n) is 7.11. The lowest BCUT2D eigenvalue weighted by Crippen LogP contribution is -2.34. The zero-order chi connectivity index (χ0) is 14.8. The topological polar surface area (TPSA) is 80.4 Å². The van der Waals surface area contributed by atoms with Crippen LogP contribution >= 0.6 is 0 Å². The molecule has 6 heteroatoms. The van der Waals surface area contributed by atoms with Crippen LogP contribution in [0.25, 0.3) is 11.4 Å². The molecular formula is C15H19N3O3. The van der Waals surface area contributed by atoms with Gasteiger partial charge in [0.15, 0.2) is 11.5 Å². The molecule has 1 aliphatic rings. The number of benzene rings is 1. The number of aromatic hydroxyl groups is 1. The summed E-state index contributed by atoms with van der Waals surface area (Å²) < 4.78 is 10.5. The SMILES string of the molecule is COc1cc(-c2noc(C3CCNC(C)C3)n2)ccc1O. The Bertz CT molecular complexity index is 626. The van der Waals surface area contributed by atoms with Gasteiger partial charge in [0.2, 0.25) is 11.7 Å². The van der Waals surface area contributed by atoms with Crippen LogP contribution in [0.3, 0.4) is 0 Å². The summed E-state index contributed by atoms with van der Waals surface area (Å²) in [6, 6.07) is 5.48. The number of hydrogen-bond acceptors (Lipinski definition) is 6. The Kier molecular flexibility index (Phi) is 3.79. The highest BCUT2D eigenvalue weighted by Gasteiger charge is 2.25. The number of nitrogens with one attached hydrogen (secondary N) is 1. The van der Waals surface area contributed by atoms with Crippen LogP contribution in [-0.4, -0.2) is 34.9 Å². The van der Waals surface area contributed by atoms with E-state index in [1.54, 1.807) is 18.2 Å². The molecule has 0 bridgehead atoms. The third kappa shape index (κ3) is 2.85. The molecule has 1 saturated heterocycles. The van der Waals surface area contributed by atoms with Gasteiger partial charge in [-0.15, -0.1) is 0 Å². The molecule has 2 atom stereocenters. The molecule has 1 aliphatic heterocycles. The van der Waals surface area contributed by atoms with Gasteiger partial charge in [-0.2, -0.15) is 4.98 Å². The number of hydrogen-bond donors (Lipinski definition) is 2. The van der Waals surface area contributed by atoms with Crippen LogP contribution in [0.4, 0.5) is 0 Å². The van der Waals surface area contributed by atoms with Gasteiger partial charge < -0.3 is 19.7 Å². The molecule has 0 amide bonds. The molecule has 2 aromatic rings. The molecule has 0 radical (unpaired) electrons. The molecule has 2 heterocycles. The van der Waals surface area contributed by atoms with E-state index >= 15 is 0 Å². The van der Waals surface area contributed by atoms with E-state index < -0.39 is 0 Å². The Balaban J connectivity index is 1.84. The number of ether oxygens (including phenoxy) is 1. The van der Waals surface area contributed by atoms with E-state index in [-0.39, 0.29) is 5.75 Å². The third-order valence-corrected chi connectivity index (χ3v) is 3.85. The summed E-state index contributed by atoms with van der Waals surface area (Å²) in [6.45, 7) is 3.13. The zero-order valence-electron chi connectivity index (χ0n) is 12.2. The van der Waals surface area contributed by atoms with E-state index in [0.29, 0.717) is 29.4 Å². The Labute approximate surface area is 123 Å². The fraction of sp³-hybridized carbons (Fsp3) is 0.467. The Morgan fingerprint density at radius 2 is 2.29 bits per heavy atom. The number of nitrogens with zero attached hydrogens (tertiary/aromatic N) is 2. The average Bonchev–Trinajstić information content (AvgIpc) is 2.97. The van der Waals surface area contributed by atoms with E-state index in [1.807, 2.05) is 0 Å². The van der Waals surface area contributed by atoms with Gasteiger partial charge in [0.1, 0.15) is 0 Å². The predicted octanol–water partition coefficient (Wildman–Crippen LogP) is 2.31. The van der Waals surface area contributed by atoms with Crippen LogP contribution in [-0.2, 0) is 0 Å². The van der Waals surface area contributed by atoms with Crippen LogP contribution in [0.5, 0.6) is 11.5 Å². The van der Waals surface area contributed by atoms with E-state index in [4.69, 9.17) is 9.26 Å². The van der Waals surface area contributed by atoms with Crippen molar-refractivity contribution in [1.29, 1.82) is 0 Å². The Morgan fingerprint density at radius 3 is 3.05 bits per heavy atom. The van der Waals surface area contributed by atoms with Crippen molar-refractivity contribution in [2.45, 2.75) is 31.7 Å². The minimum absolute atomic E-state index is 0.0946. The molecule has 112 valence electrons. The summed E-state index contributed by atoms with van der Waals surface area (Å²) in [4.78, 5) is 4.50. The molecule has 3 rings (SSSR count). The highest BCUT2D eigenvalue weighted by molar-refractivity contribution is 5.60. The maximum absolute atomic E-state index is 9.62. The molecule has 6 nitrogen and oxygen atoms in total. The van der Waals surface area contributed by atoms with Gasteiger partial charge in [-0.1, -0.05) is 5.16 Å². The summed E-state index contributed by atoms with van der Waals surface area (Å²) >= 11 is 0. The smallest absolute Gasteiger partial charge is 0.230 e. The summed E-state index contributed by atoms with van der Waals surface area (Å²) in [6.07, 6.45) is 2.01. The van der Waals surface area contributed by atoms with Gasteiger partial charge in [-0.25, -0.2) is 0 Å². The van der Waals surface area contributed by atoms with Crippen LogP contribution in [0.1, 0.15) is 31.6 Å². The Hall–Kier alpha value is -2.08. The molecule has 21 heavy (non-hydrogen) atoms. The molecule has 0 aliphatic carbocycles. The second-order valence-electron chi connectivity index (χ2n) is 5.42. The number of piperidine rings is 1. The quantitative estimate of drug-likeness (QED) is 0.902. The maximum Gasteiger partial charge on any atom is 0.230 e. The molecule has 0 spiro atoms. The van der Waals surface area contributed by atoms with E-state index in [9.17, 15) is 5.11 Å². The number of rotatable bonds is 3. The van der Waals surface area contributed by atoms with Gasteiger partial charge in [0.25, 0.3) is 0 Å². The summed E-state index contributed by atoms with van der Waals surface area (Å²) in [7, 11) is 1.51. The monoisotopic (exact) mass is 289 g/mol. The number of phenolic OH excluding ortho intramolecular Hbond substituents is 1. The van der Waals surface area contributed by atoms with Crippen LogP contribution < -0.4 is 10.1 Å². The van der Waals surface area contributed by atoms with Crippen molar-refractivity contribution in [3.8, 4) is 22.9 Å². The van der Waals surface area contributed by atoms with Crippen LogP contribution in [0.2, 0.25) is 0 Å². The zero-order valence-corrected chi connectivity index (χ0v) is 12.2. The highest BCUT2D eigenvalue weighted by atomic mass is 16.5. The van der Waals surface area contributed by atoms with Crippen LogP contribution in [0, 0.1) is 0 Å². The second kappa shape index (κ2) is 5.73. The molecule has 1 aromatic carbocycles. The van der Waals surface area contributed by atoms with Crippen molar-refractivity contribution in [2.75, 3.05) is 13.7 Å². The van der Waals surface area contributed by atoms with E-state index in [1.165, 1.54) is 7.11 Å². The first-order valence-corrected chi connectivity index (χ1v) is 7.11. The minimum Gasteiger partial charge on any atom is -0.504 e. The molecule has 2 N–H and O–H groups in total. The lowest BCUT2D eigenvalue weighted by atomic mass is 9.93. The normalized spacial score (nSPS) is 22.2. The van der Waals surface area contributed by atoms with Gasteiger partial charge in [-0.05, 0) is 44.5 Å².